The summed E-state index contributed by atoms with van der Waals surface area (Å²) in [5.41, 5.74) is 1.84. The molecule has 2 aromatic rings. The van der Waals surface area contributed by atoms with E-state index in [-0.39, 0.29) is 12.0 Å². The number of carbonyl (C=O) groups excluding carboxylic acids is 1. The van der Waals surface area contributed by atoms with E-state index in [1.54, 1.807) is 35.2 Å². The van der Waals surface area contributed by atoms with Gasteiger partial charge >= 0.3 is 0 Å². The highest BCUT2D eigenvalue weighted by atomic mass is 16.5. The summed E-state index contributed by atoms with van der Waals surface area (Å²) in [6.45, 7) is 2.99. The van der Waals surface area contributed by atoms with Crippen LogP contribution in [0.25, 0.3) is 0 Å². The smallest absolute Gasteiger partial charge is 0.254 e. The van der Waals surface area contributed by atoms with Crippen LogP contribution in [-0.2, 0) is 0 Å². The highest BCUT2D eigenvalue weighted by Gasteiger charge is 2.28. The number of nitriles is 1. The first-order valence-electron chi connectivity index (χ1n) is 7.42. The molecular formula is C17H16N4O2. The Bertz CT molecular complexity index is 752. The third-order valence-corrected chi connectivity index (χ3v) is 3.73. The lowest BCUT2D eigenvalue weighted by atomic mass is 10.1. The van der Waals surface area contributed by atoms with Crippen LogP contribution >= 0.6 is 0 Å². The average molecular weight is 308 g/mol. The van der Waals surface area contributed by atoms with Crippen molar-refractivity contribution >= 4 is 5.91 Å². The van der Waals surface area contributed by atoms with Crippen molar-refractivity contribution in [3.8, 4) is 11.9 Å². The highest BCUT2D eigenvalue weighted by Crippen LogP contribution is 2.18. The molecule has 0 aliphatic carbocycles. The number of hydrogen-bond acceptors (Lipinski definition) is 5. The Hall–Kier alpha value is -2.94. The van der Waals surface area contributed by atoms with Gasteiger partial charge in [-0.3, -0.25) is 4.79 Å². The number of likely N-dealkylation sites (tertiary alicyclic amines) is 1. The predicted molar refractivity (Wildman–Crippen MR) is 82.9 cm³/mol. The fraction of sp³-hybridized carbons (Fsp3) is 0.294. The lowest BCUT2D eigenvalue weighted by Crippen LogP contribution is -2.31. The zero-order chi connectivity index (χ0) is 16.2. The molecule has 1 aromatic carbocycles. The van der Waals surface area contributed by atoms with Gasteiger partial charge < -0.3 is 9.64 Å². The molecule has 1 saturated heterocycles. The molecule has 1 atom stereocenters. The van der Waals surface area contributed by atoms with Crippen molar-refractivity contribution in [2.75, 3.05) is 13.1 Å². The number of carbonyl (C=O) groups is 1. The lowest BCUT2D eigenvalue weighted by Gasteiger charge is -2.17. The van der Waals surface area contributed by atoms with E-state index in [9.17, 15) is 4.79 Å². The maximum Gasteiger partial charge on any atom is 0.254 e. The molecule has 0 N–H and O–H groups in total. The molecule has 6 heteroatoms. The minimum Gasteiger partial charge on any atom is -0.471 e. The van der Waals surface area contributed by atoms with Crippen LogP contribution in [0.3, 0.4) is 0 Å². The molecule has 23 heavy (non-hydrogen) atoms. The summed E-state index contributed by atoms with van der Waals surface area (Å²) >= 11 is 0. The number of benzene rings is 1. The second kappa shape index (κ2) is 6.44. The average Bonchev–Trinajstić information content (AvgIpc) is 3.05. The summed E-state index contributed by atoms with van der Waals surface area (Å²) in [5.74, 6) is 0.393. The minimum atomic E-state index is -0.0879. The predicted octanol–water partition coefficient (Wildman–Crippen LogP) is 1.95. The number of aryl methyl sites for hydroxylation is 1. The normalized spacial score (nSPS) is 16.9. The standard InChI is InChI=1S/C17H16N4O2/c1-12-5-6-16(20-19-12)23-15-7-8-21(11-15)17(22)14-4-2-3-13(9-14)10-18/h2-6,9,15H,7-8,11H2,1H3/t15-/m0/s1. The third kappa shape index (κ3) is 3.46. The van der Waals surface area contributed by atoms with E-state index in [1.165, 1.54) is 0 Å². The summed E-state index contributed by atoms with van der Waals surface area (Å²) in [6, 6.07) is 12.4. The number of ether oxygens (including phenoxy) is 1. The summed E-state index contributed by atoms with van der Waals surface area (Å²) in [5, 5.41) is 16.9. The molecule has 6 nitrogen and oxygen atoms in total. The van der Waals surface area contributed by atoms with Crippen molar-refractivity contribution in [1.29, 1.82) is 5.26 Å². The van der Waals surface area contributed by atoms with Gasteiger partial charge in [0.2, 0.25) is 5.88 Å². The molecule has 1 aliphatic heterocycles. The number of nitrogens with zero attached hydrogens (tertiary/aromatic N) is 4. The fourth-order valence-corrected chi connectivity index (χ4v) is 2.53. The van der Waals surface area contributed by atoms with Crippen LogP contribution in [-0.4, -0.2) is 40.2 Å². The summed E-state index contributed by atoms with van der Waals surface area (Å²) in [6.07, 6.45) is 0.661. The molecule has 0 saturated carbocycles. The van der Waals surface area contributed by atoms with E-state index in [0.717, 1.165) is 12.1 Å². The van der Waals surface area contributed by atoms with Crippen LogP contribution in [0.5, 0.6) is 5.88 Å². The van der Waals surface area contributed by atoms with Gasteiger partial charge in [0.15, 0.2) is 0 Å². The van der Waals surface area contributed by atoms with Crippen molar-refractivity contribution in [3.05, 3.63) is 53.2 Å². The van der Waals surface area contributed by atoms with Crippen molar-refractivity contribution in [2.45, 2.75) is 19.4 Å². The monoisotopic (exact) mass is 308 g/mol. The third-order valence-electron chi connectivity index (χ3n) is 3.73. The summed E-state index contributed by atoms with van der Waals surface area (Å²) < 4.78 is 5.77. The molecule has 1 aliphatic rings. The molecule has 3 rings (SSSR count). The maximum absolute atomic E-state index is 12.5. The van der Waals surface area contributed by atoms with Crippen LogP contribution < -0.4 is 4.74 Å². The fourth-order valence-electron chi connectivity index (χ4n) is 2.53. The van der Waals surface area contributed by atoms with E-state index in [4.69, 9.17) is 10.00 Å². The van der Waals surface area contributed by atoms with Crippen LogP contribution in [0.2, 0.25) is 0 Å². The van der Waals surface area contributed by atoms with Gasteiger partial charge in [-0.15, -0.1) is 5.10 Å². The van der Waals surface area contributed by atoms with Crippen LogP contribution in [0, 0.1) is 18.3 Å². The number of hydrogen-bond donors (Lipinski definition) is 0. The Kier molecular flexibility index (Phi) is 4.20. The SMILES string of the molecule is Cc1ccc(O[C@H]2CCN(C(=O)c3cccc(C#N)c3)C2)nn1. The zero-order valence-electron chi connectivity index (χ0n) is 12.8. The highest BCUT2D eigenvalue weighted by molar-refractivity contribution is 5.94. The van der Waals surface area contributed by atoms with Gasteiger partial charge in [0.25, 0.3) is 5.91 Å². The van der Waals surface area contributed by atoms with Crippen molar-refractivity contribution in [3.63, 3.8) is 0 Å². The van der Waals surface area contributed by atoms with Gasteiger partial charge in [0.05, 0.1) is 23.9 Å². The van der Waals surface area contributed by atoms with Crippen molar-refractivity contribution < 1.29 is 9.53 Å². The van der Waals surface area contributed by atoms with Gasteiger partial charge in [-0.1, -0.05) is 6.07 Å². The minimum absolute atomic E-state index is 0.0804. The Morgan fingerprint density at radius 3 is 2.96 bits per heavy atom. The molecule has 0 bridgehead atoms. The van der Waals surface area contributed by atoms with Crippen LogP contribution in [0.1, 0.15) is 28.0 Å². The van der Waals surface area contributed by atoms with E-state index >= 15 is 0 Å². The van der Waals surface area contributed by atoms with Gasteiger partial charge in [0.1, 0.15) is 6.10 Å². The van der Waals surface area contributed by atoms with Gasteiger partial charge in [-0.05, 0) is 31.2 Å². The Morgan fingerprint density at radius 1 is 1.35 bits per heavy atom. The summed E-state index contributed by atoms with van der Waals surface area (Å²) in [7, 11) is 0. The lowest BCUT2D eigenvalue weighted by molar-refractivity contribution is 0.0771. The quantitative estimate of drug-likeness (QED) is 0.866. The van der Waals surface area contributed by atoms with Crippen molar-refractivity contribution in [2.24, 2.45) is 0 Å². The maximum atomic E-state index is 12.5. The molecule has 0 unspecified atom stereocenters. The van der Waals surface area contributed by atoms with Gasteiger partial charge in [-0.2, -0.15) is 10.4 Å². The number of rotatable bonds is 3. The van der Waals surface area contributed by atoms with E-state index in [0.29, 0.717) is 30.1 Å². The molecule has 0 radical (unpaired) electrons. The number of amides is 1. The molecule has 1 amide bonds. The first kappa shape index (κ1) is 15.0. The molecule has 0 spiro atoms. The first-order valence-corrected chi connectivity index (χ1v) is 7.42. The van der Waals surface area contributed by atoms with E-state index < -0.39 is 0 Å². The molecule has 1 fully saturated rings. The van der Waals surface area contributed by atoms with Crippen LogP contribution in [0.15, 0.2) is 36.4 Å². The van der Waals surface area contributed by atoms with E-state index in [2.05, 4.69) is 10.2 Å². The van der Waals surface area contributed by atoms with E-state index in [1.807, 2.05) is 19.1 Å². The van der Waals surface area contributed by atoms with Crippen LogP contribution in [0.4, 0.5) is 0 Å². The van der Waals surface area contributed by atoms with Gasteiger partial charge in [0, 0.05) is 24.6 Å². The Labute approximate surface area is 134 Å². The van der Waals surface area contributed by atoms with Crippen molar-refractivity contribution in [1.82, 2.24) is 15.1 Å². The molecule has 116 valence electrons. The van der Waals surface area contributed by atoms with Gasteiger partial charge in [-0.25, -0.2) is 0 Å². The Balaban J connectivity index is 1.63. The second-order valence-electron chi connectivity index (χ2n) is 5.49. The zero-order valence-corrected chi connectivity index (χ0v) is 12.8. The summed E-state index contributed by atoms with van der Waals surface area (Å²) in [4.78, 5) is 14.2. The first-order chi connectivity index (χ1) is 11.2. The number of aromatic nitrogens is 2. The Morgan fingerprint density at radius 2 is 2.22 bits per heavy atom. The topological polar surface area (TPSA) is 79.1 Å². The largest absolute Gasteiger partial charge is 0.471 e. The molecule has 1 aromatic heterocycles. The second-order valence-corrected chi connectivity index (χ2v) is 5.49. The molecular weight excluding hydrogens is 292 g/mol. The molecule has 2 heterocycles.